The van der Waals surface area contributed by atoms with E-state index in [1.807, 2.05) is 60.7 Å². The van der Waals surface area contributed by atoms with Crippen LogP contribution < -0.4 is 4.74 Å². The van der Waals surface area contributed by atoms with Gasteiger partial charge in [-0.2, -0.15) is 18.2 Å². The van der Waals surface area contributed by atoms with Crippen molar-refractivity contribution >= 4 is 5.91 Å². The second-order valence-corrected chi connectivity index (χ2v) is 7.64. The largest absolute Gasteiger partial charge is 0.458 e. The normalized spacial score (nSPS) is 16.8. The van der Waals surface area contributed by atoms with E-state index in [1.54, 1.807) is 4.90 Å². The number of carbonyl (C=O) groups excluding carboxylic acids is 1. The summed E-state index contributed by atoms with van der Waals surface area (Å²) in [6.45, 7) is 0.812. The zero-order valence-corrected chi connectivity index (χ0v) is 17.2. The number of alkyl halides is 3. The number of rotatable bonds is 5. The van der Waals surface area contributed by atoms with E-state index in [9.17, 15) is 18.0 Å². The van der Waals surface area contributed by atoms with Crippen LogP contribution in [-0.4, -0.2) is 40.0 Å². The van der Waals surface area contributed by atoms with Crippen molar-refractivity contribution in [2.75, 3.05) is 13.1 Å². The molecule has 1 unspecified atom stereocenters. The van der Waals surface area contributed by atoms with E-state index in [0.29, 0.717) is 19.4 Å². The fourth-order valence-corrected chi connectivity index (χ4v) is 3.89. The number of benzene rings is 2. The maximum absolute atomic E-state index is 13.6. The van der Waals surface area contributed by atoms with Crippen molar-refractivity contribution in [2.24, 2.45) is 0 Å². The van der Waals surface area contributed by atoms with Crippen LogP contribution in [0.15, 0.2) is 72.9 Å². The molecule has 1 amide bonds. The van der Waals surface area contributed by atoms with Gasteiger partial charge in [-0.15, -0.1) is 0 Å². The lowest BCUT2D eigenvalue weighted by Gasteiger charge is -2.35. The van der Waals surface area contributed by atoms with Crippen LogP contribution in [-0.2, 0) is 11.0 Å². The Morgan fingerprint density at radius 2 is 1.62 bits per heavy atom. The average Bonchev–Trinajstić information content (AvgIpc) is 2.80. The molecule has 0 aliphatic carbocycles. The highest BCUT2D eigenvalue weighted by molar-refractivity contribution is 5.87. The second kappa shape index (κ2) is 9.38. The summed E-state index contributed by atoms with van der Waals surface area (Å²) < 4.78 is 44.4. The number of piperidine rings is 1. The first-order valence-corrected chi connectivity index (χ1v) is 10.4. The number of carbonyl (C=O) groups is 1. The summed E-state index contributed by atoms with van der Waals surface area (Å²) in [4.78, 5) is 22.6. The second-order valence-electron chi connectivity index (χ2n) is 7.64. The molecule has 1 aliphatic rings. The Labute approximate surface area is 183 Å². The highest BCUT2D eigenvalue weighted by Crippen LogP contribution is 2.30. The number of amides is 1. The molecule has 1 atom stereocenters. The van der Waals surface area contributed by atoms with Crippen molar-refractivity contribution in [2.45, 2.75) is 31.0 Å². The van der Waals surface area contributed by atoms with Crippen LogP contribution in [0.25, 0.3) is 0 Å². The van der Waals surface area contributed by atoms with Gasteiger partial charge in [0.05, 0.1) is 12.5 Å². The number of ether oxygens (including phenoxy) is 1. The van der Waals surface area contributed by atoms with Crippen LogP contribution in [0, 0.1) is 0 Å². The number of hydrogen-bond acceptors (Lipinski definition) is 4. The molecule has 8 heteroatoms. The Morgan fingerprint density at radius 3 is 2.22 bits per heavy atom. The van der Waals surface area contributed by atoms with E-state index < -0.39 is 23.9 Å². The predicted molar refractivity (Wildman–Crippen MR) is 112 cm³/mol. The summed E-state index contributed by atoms with van der Waals surface area (Å²) in [5, 5.41) is 0. The van der Waals surface area contributed by atoms with Gasteiger partial charge in [-0.05, 0) is 30.0 Å². The van der Waals surface area contributed by atoms with Crippen LogP contribution in [0.2, 0.25) is 0 Å². The average molecular weight is 441 g/mol. The van der Waals surface area contributed by atoms with Crippen molar-refractivity contribution in [1.82, 2.24) is 14.9 Å². The molecule has 0 N–H and O–H groups in total. The topological polar surface area (TPSA) is 55.3 Å². The van der Waals surface area contributed by atoms with Crippen molar-refractivity contribution in [1.29, 1.82) is 0 Å². The zero-order valence-electron chi connectivity index (χ0n) is 17.2. The minimum atomic E-state index is -4.58. The Balaban J connectivity index is 1.52. The zero-order chi connectivity index (χ0) is 22.6. The SMILES string of the molecule is O=C(C(c1ccccc1)c1ccccc1)N1CCCC(Oc2nccc(C(F)(F)F)n2)C1. The Kier molecular flexibility index (Phi) is 6.39. The Bertz CT molecular complexity index is 1010. The number of likely N-dealkylation sites (tertiary alicyclic amines) is 1. The van der Waals surface area contributed by atoms with E-state index >= 15 is 0 Å². The fraction of sp³-hybridized carbons (Fsp3) is 0.292. The van der Waals surface area contributed by atoms with Crippen LogP contribution in [0.3, 0.4) is 0 Å². The van der Waals surface area contributed by atoms with E-state index in [2.05, 4.69) is 9.97 Å². The molecule has 4 rings (SSSR count). The van der Waals surface area contributed by atoms with Crippen LogP contribution in [0.5, 0.6) is 6.01 Å². The standard InChI is InChI=1S/C24H22F3N3O2/c25-24(26,27)20-13-14-28-23(29-20)32-19-12-7-15-30(16-19)22(31)21(17-8-3-1-4-9-17)18-10-5-2-6-11-18/h1-6,8-11,13-14,19,21H,7,12,15-16H2. The summed E-state index contributed by atoms with van der Waals surface area (Å²) in [7, 11) is 0. The van der Waals surface area contributed by atoms with E-state index in [1.165, 1.54) is 0 Å². The first-order valence-electron chi connectivity index (χ1n) is 10.4. The summed E-state index contributed by atoms with van der Waals surface area (Å²) in [6.07, 6.45) is -2.76. The minimum Gasteiger partial charge on any atom is -0.458 e. The molecule has 1 aliphatic heterocycles. The lowest BCUT2D eigenvalue weighted by Crippen LogP contribution is -2.46. The third-order valence-electron chi connectivity index (χ3n) is 5.40. The van der Waals surface area contributed by atoms with Crippen LogP contribution in [0.4, 0.5) is 13.2 Å². The fourth-order valence-electron chi connectivity index (χ4n) is 3.89. The molecule has 32 heavy (non-hydrogen) atoms. The molecule has 1 aromatic heterocycles. The van der Waals surface area contributed by atoms with Crippen LogP contribution >= 0.6 is 0 Å². The summed E-state index contributed by atoms with van der Waals surface area (Å²) in [5.74, 6) is -0.540. The number of hydrogen-bond donors (Lipinski definition) is 0. The van der Waals surface area contributed by atoms with Gasteiger partial charge in [0.15, 0.2) is 5.69 Å². The van der Waals surface area contributed by atoms with Gasteiger partial charge in [-0.25, -0.2) is 4.98 Å². The molecule has 2 heterocycles. The monoisotopic (exact) mass is 441 g/mol. The number of aromatic nitrogens is 2. The number of nitrogens with zero attached hydrogens (tertiary/aromatic N) is 3. The highest BCUT2D eigenvalue weighted by Gasteiger charge is 2.34. The third-order valence-corrected chi connectivity index (χ3v) is 5.40. The number of halogens is 3. The van der Waals surface area contributed by atoms with E-state index in [0.717, 1.165) is 23.4 Å². The maximum atomic E-state index is 13.6. The molecule has 1 fully saturated rings. The molecular formula is C24H22F3N3O2. The lowest BCUT2D eigenvalue weighted by molar-refractivity contribution is -0.141. The van der Waals surface area contributed by atoms with Crippen molar-refractivity contribution in [3.8, 4) is 6.01 Å². The lowest BCUT2D eigenvalue weighted by atomic mass is 9.89. The highest BCUT2D eigenvalue weighted by atomic mass is 19.4. The first-order chi connectivity index (χ1) is 15.4. The first kappa shape index (κ1) is 21.8. The Morgan fingerprint density at radius 1 is 1.00 bits per heavy atom. The molecule has 0 bridgehead atoms. The van der Waals surface area contributed by atoms with Gasteiger partial charge in [0.2, 0.25) is 5.91 Å². The molecule has 3 aromatic rings. The van der Waals surface area contributed by atoms with Gasteiger partial charge in [0.25, 0.3) is 0 Å². The maximum Gasteiger partial charge on any atom is 0.433 e. The molecule has 1 saturated heterocycles. The quantitative estimate of drug-likeness (QED) is 0.576. The van der Waals surface area contributed by atoms with Gasteiger partial charge in [-0.1, -0.05) is 60.7 Å². The predicted octanol–water partition coefficient (Wildman–Crippen LogP) is 4.70. The van der Waals surface area contributed by atoms with Crippen molar-refractivity contribution < 1.29 is 22.7 Å². The molecule has 166 valence electrons. The van der Waals surface area contributed by atoms with Gasteiger partial charge in [-0.3, -0.25) is 4.79 Å². The molecule has 2 aromatic carbocycles. The van der Waals surface area contributed by atoms with Gasteiger partial charge in [0.1, 0.15) is 6.10 Å². The molecule has 0 radical (unpaired) electrons. The van der Waals surface area contributed by atoms with E-state index in [4.69, 9.17) is 4.74 Å². The molecule has 0 spiro atoms. The summed E-state index contributed by atoms with van der Waals surface area (Å²) >= 11 is 0. The van der Waals surface area contributed by atoms with Gasteiger partial charge >= 0.3 is 12.2 Å². The van der Waals surface area contributed by atoms with Gasteiger partial charge < -0.3 is 9.64 Å². The third kappa shape index (κ3) is 5.07. The van der Waals surface area contributed by atoms with Gasteiger partial charge in [0, 0.05) is 12.7 Å². The molecular weight excluding hydrogens is 419 g/mol. The summed E-state index contributed by atoms with van der Waals surface area (Å²) in [5.41, 5.74) is 0.709. The molecule has 0 saturated carbocycles. The summed E-state index contributed by atoms with van der Waals surface area (Å²) in [6, 6.07) is 19.5. The smallest absolute Gasteiger partial charge is 0.433 e. The Hall–Kier alpha value is -3.42. The van der Waals surface area contributed by atoms with E-state index in [-0.39, 0.29) is 18.5 Å². The van der Waals surface area contributed by atoms with Crippen molar-refractivity contribution in [3.63, 3.8) is 0 Å². The molecule has 5 nitrogen and oxygen atoms in total. The van der Waals surface area contributed by atoms with Crippen LogP contribution in [0.1, 0.15) is 35.6 Å². The minimum absolute atomic E-state index is 0.0688. The van der Waals surface area contributed by atoms with Crippen molar-refractivity contribution in [3.05, 3.63) is 89.7 Å².